The van der Waals surface area contributed by atoms with Crippen LogP contribution in [0.4, 0.5) is 5.82 Å². The molecule has 2 rings (SSSR count). The molecule has 0 aliphatic carbocycles. The van der Waals surface area contributed by atoms with Crippen LogP contribution in [0.25, 0.3) is 11.6 Å². The number of pyridine rings is 2. The van der Waals surface area contributed by atoms with Crippen LogP contribution in [-0.4, -0.2) is 9.97 Å². The predicted molar refractivity (Wildman–Crippen MR) is 69.6 cm³/mol. The first-order valence-corrected chi connectivity index (χ1v) is 5.10. The zero-order valence-electron chi connectivity index (χ0n) is 9.17. The van der Waals surface area contributed by atoms with Gasteiger partial charge in [0.05, 0.1) is 0 Å². The molecule has 0 atom stereocenters. The van der Waals surface area contributed by atoms with Gasteiger partial charge in [-0.05, 0) is 24.3 Å². The van der Waals surface area contributed by atoms with Crippen molar-refractivity contribution >= 4 is 17.5 Å². The Morgan fingerprint density at radius 3 is 2.76 bits per heavy atom. The lowest BCUT2D eigenvalue weighted by Gasteiger charge is -2.02. The average Bonchev–Trinajstić information content (AvgIpc) is 2.39. The second-order valence-corrected chi connectivity index (χ2v) is 3.42. The topological polar surface area (TPSA) is 51.8 Å². The molecule has 2 N–H and O–H groups in total. The Hall–Kier alpha value is -2.60. The van der Waals surface area contributed by atoms with E-state index in [2.05, 4.69) is 15.9 Å². The van der Waals surface area contributed by atoms with Crippen molar-refractivity contribution in [3.63, 3.8) is 0 Å². The van der Waals surface area contributed by atoms with Crippen LogP contribution in [0.2, 0.25) is 0 Å². The fraction of sp³-hybridized carbons (Fsp3) is 0. The molecule has 0 saturated heterocycles. The van der Waals surface area contributed by atoms with E-state index < -0.39 is 0 Å². The second-order valence-electron chi connectivity index (χ2n) is 3.42. The van der Waals surface area contributed by atoms with Gasteiger partial charge in [-0.15, -0.1) is 6.42 Å². The van der Waals surface area contributed by atoms with E-state index in [9.17, 15) is 0 Å². The maximum Gasteiger partial charge on any atom is 0.130 e. The van der Waals surface area contributed by atoms with Gasteiger partial charge in [0.2, 0.25) is 0 Å². The minimum atomic E-state index is 0.462. The molecular formula is C14H11N3. The van der Waals surface area contributed by atoms with Crippen LogP contribution in [0.1, 0.15) is 11.1 Å². The molecule has 3 heteroatoms. The van der Waals surface area contributed by atoms with E-state index in [1.807, 2.05) is 30.3 Å². The number of hydrogen-bond acceptors (Lipinski definition) is 3. The van der Waals surface area contributed by atoms with Crippen molar-refractivity contribution in [2.45, 2.75) is 0 Å². The molecule has 0 aliphatic rings. The monoisotopic (exact) mass is 221 g/mol. The van der Waals surface area contributed by atoms with Crippen molar-refractivity contribution in [2.75, 3.05) is 5.73 Å². The number of nitrogens with two attached hydrogens (primary N) is 1. The van der Waals surface area contributed by atoms with E-state index in [0.717, 1.165) is 16.7 Å². The molecule has 17 heavy (non-hydrogen) atoms. The summed E-state index contributed by atoms with van der Waals surface area (Å²) in [7, 11) is 0. The van der Waals surface area contributed by atoms with Crippen LogP contribution in [0.3, 0.4) is 0 Å². The molecule has 0 saturated carbocycles. The Morgan fingerprint density at radius 1 is 1.29 bits per heavy atom. The maximum atomic E-state index is 5.76. The van der Waals surface area contributed by atoms with Crippen molar-refractivity contribution in [3.8, 4) is 12.3 Å². The Labute approximate surface area is 100 Å². The zero-order valence-corrected chi connectivity index (χ0v) is 9.17. The lowest BCUT2D eigenvalue weighted by molar-refractivity contribution is 1.31. The van der Waals surface area contributed by atoms with E-state index in [1.54, 1.807) is 18.6 Å². The third-order valence-electron chi connectivity index (χ3n) is 2.30. The Kier molecular flexibility index (Phi) is 3.18. The summed E-state index contributed by atoms with van der Waals surface area (Å²) >= 11 is 0. The van der Waals surface area contributed by atoms with Gasteiger partial charge in [-0.3, -0.25) is 4.98 Å². The fourth-order valence-electron chi connectivity index (χ4n) is 1.44. The van der Waals surface area contributed by atoms with E-state index in [4.69, 9.17) is 12.2 Å². The van der Waals surface area contributed by atoms with Crippen molar-refractivity contribution in [1.29, 1.82) is 0 Å². The highest BCUT2D eigenvalue weighted by Crippen LogP contribution is 2.18. The molecule has 2 heterocycles. The molecule has 0 bridgehead atoms. The van der Waals surface area contributed by atoms with Crippen LogP contribution in [-0.2, 0) is 0 Å². The van der Waals surface area contributed by atoms with Crippen molar-refractivity contribution < 1.29 is 0 Å². The van der Waals surface area contributed by atoms with Crippen molar-refractivity contribution in [3.05, 3.63) is 54.0 Å². The summed E-state index contributed by atoms with van der Waals surface area (Å²) in [5.41, 5.74) is 8.19. The molecule has 0 aliphatic heterocycles. The molecule has 2 aromatic rings. The number of rotatable bonds is 2. The van der Waals surface area contributed by atoms with E-state index in [0.29, 0.717) is 5.82 Å². The highest BCUT2D eigenvalue weighted by Gasteiger charge is 2.01. The number of aromatic nitrogens is 2. The quantitative estimate of drug-likeness (QED) is 0.791. The number of nitrogens with zero attached hydrogens (tertiary/aromatic N) is 2. The second kappa shape index (κ2) is 4.95. The lowest BCUT2D eigenvalue weighted by atomic mass is 10.1. The fourth-order valence-corrected chi connectivity index (χ4v) is 1.44. The number of terminal acetylenes is 1. The molecule has 2 aromatic heterocycles. The Morgan fingerprint density at radius 2 is 2.12 bits per heavy atom. The van der Waals surface area contributed by atoms with Crippen molar-refractivity contribution in [1.82, 2.24) is 9.97 Å². The molecule has 0 aromatic carbocycles. The van der Waals surface area contributed by atoms with Gasteiger partial charge in [0.1, 0.15) is 5.82 Å². The van der Waals surface area contributed by atoms with Gasteiger partial charge >= 0.3 is 0 Å². The molecule has 0 amide bonds. The van der Waals surface area contributed by atoms with E-state index in [1.165, 1.54) is 0 Å². The highest BCUT2D eigenvalue weighted by atomic mass is 14.8. The standard InChI is InChI=1S/C14H11N3/c1-2-11(13-6-3-7-16-10-13)9-12-5-4-8-17-14(12)15/h1,3-10H,(H2,15,17)/b11-9+. The summed E-state index contributed by atoms with van der Waals surface area (Å²) in [5, 5.41) is 0. The van der Waals surface area contributed by atoms with E-state index in [-0.39, 0.29) is 0 Å². The number of allylic oxidation sites excluding steroid dienone is 1. The summed E-state index contributed by atoms with van der Waals surface area (Å²) in [4.78, 5) is 8.04. The first-order valence-electron chi connectivity index (χ1n) is 5.10. The normalized spacial score (nSPS) is 10.9. The third-order valence-corrected chi connectivity index (χ3v) is 2.30. The average molecular weight is 221 g/mol. The number of hydrogen-bond donors (Lipinski definition) is 1. The predicted octanol–water partition coefficient (Wildman–Crippen LogP) is 2.23. The summed E-state index contributed by atoms with van der Waals surface area (Å²) in [6.45, 7) is 0. The SMILES string of the molecule is C#C/C(=C\c1cccnc1N)c1cccnc1. The van der Waals surface area contributed by atoms with Gasteiger partial charge < -0.3 is 5.73 Å². The first-order chi connectivity index (χ1) is 8.31. The summed E-state index contributed by atoms with van der Waals surface area (Å²) in [6.07, 6.45) is 12.4. The smallest absolute Gasteiger partial charge is 0.130 e. The lowest BCUT2D eigenvalue weighted by Crippen LogP contribution is -1.93. The molecule has 3 nitrogen and oxygen atoms in total. The first kappa shape index (κ1) is 10.9. The van der Waals surface area contributed by atoms with Crippen LogP contribution < -0.4 is 5.73 Å². The van der Waals surface area contributed by atoms with Crippen LogP contribution in [0, 0.1) is 12.3 Å². The number of nitrogen functional groups attached to an aromatic ring is 1. The molecule has 0 radical (unpaired) electrons. The minimum absolute atomic E-state index is 0.462. The molecular weight excluding hydrogens is 210 g/mol. The van der Waals surface area contributed by atoms with Crippen LogP contribution in [0.5, 0.6) is 0 Å². The van der Waals surface area contributed by atoms with Gasteiger partial charge in [-0.2, -0.15) is 0 Å². The van der Waals surface area contributed by atoms with Crippen molar-refractivity contribution in [2.24, 2.45) is 0 Å². The molecule has 82 valence electrons. The summed E-state index contributed by atoms with van der Waals surface area (Å²) in [5.74, 6) is 3.09. The molecule has 0 spiro atoms. The van der Waals surface area contributed by atoms with Crippen LogP contribution >= 0.6 is 0 Å². The van der Waals surface area contributed by atoms with Gasteiger partial charge in [0.15, 0.2) is 0 Å². The number of anilines is 1. The van der Waals surface area contributed by atoms with Gasteiger partial charge in [0.25, 0.3) is 0 Å². The minimum Gasteiger partial charge on any atom is -0.383 e. The Balaban J connectivity index is 2.45. The van der Waals surface area contributed by atoms with Gasteiger partial charge in [-0.25, -0.2) is 4.98 Å². The highest BCUT2D eigenvalue weighted by molar-refractivity contribution is 5.91. The van der Waals surface area contributed by atoms with Gasteiger partial charge in [0, 0.05) is 35.3 Å². The summed E-state index contributed by atoms with van der Waals surface area (Å²) < 4.78 is 0. The zero-order chi connectivity index (χ0) is 12.1. The maximum absolute atomic E-state index is 5.76. The summed E-state index contributed by atoms with van der Waals surface area (Å²) in [6, 6.07) is 7.44. The largest absolute Gasteiger partial charge is 0.383 e. The van der Waals surface area contributed by atoms with Gasteiger partial charge in [-0.1, -0.05) is 12.0 Å². The molecule has 0 fully saturated rings. The Bertz CT molecular complexity index is 580. The van der Waals surface area contributed by atoms with E-state index >= 15 is 0 Å². The van der Waals surface area contributed by atoms with Crippen LogP contribution in [0.15, 0.2) is 42.9 Å². The third kappa shape index (κ3) is 2.50. The molecule has 0 unspecified atom stereocenters.